The van der Waals surface area contributed by atoms with Crippen molar-refractivity contribution in [1.82, 2.24) is 4.90 Å². The maximum Gasteiger partial charge on any atom is 0.259 e. The molecule has 1 heterocycles. The monoisotopic (exact) mass is 402 g/mol. The van der Waals surface area contributed by atoms with Crippen LogP contribution in [0.15, 0.2) is 114 Å². The molecule has 0 N–H and O–H groups in total. The number of amidine groups is 1. The molecule has 31 heavy (non-hydrogen) atoms. The zero-order valence-corrected chi connectivity index (χ0v) is 17.1. The van der Waals surface area contributed by atoms with E-state index in [2.05, 4.69) is 42.5 Å². The van der Waals surface area contributed by atoms with Crippen molar-refractivity contribution in [2.24, 2.45) is 4.99 Å². The second kappa shape index (κ2) is 8.41. The molecule has 0 radical (unpaired) electrons. The molecule has 0 saturated heterocycles. The summed E-state index contributed by atoms with van der Waals surface area (Å²) in [5.41, 5.74) is 6.05. The molecule has 0 unspecified atom stereocenters. The quantitative estimate of drug-likeness (QED) is 0.417. The molecule has 4 aromatic carbocycles. The number of rotatable bonds is 4. The fourth-order valence-electron chi connectivity index (χ4n) is 4.11. The maximum absolute atomic E-state index is 13.4. The van der Waals surface area contributed by atoms with Crippen molar-refractivity contribution in [3.05, 3.63) is 120 Å². The van der Waals surface area contributed by atoms with Crippen molar-refractivity contribution in [1.29, 1.82) is 0 Å². The Morgan fingerprint density at radius 2 is 1.16 bits per heavy atom. The van der Waals surface area contributed by atoms with E-state index in [1.165, 1.54) is 0 Å². The van der Waals surface area contributed by atoms with Gasteiger partial charge in [-0.2, -0.15) is 0 Å². The molecule has 0 spiro atoms. The Kier molecular flexibility index (Phi) is 5.16. The zero-order chi connectivity index (χ0) is 21.0. The molecule has 0 aliphatic carbocycles. The normalized spacial score (nSPS) is 13.2. The second-order valence-corrected chi connectivity index (χ2v) is 7.49. The largest absolute Gasteiger partial charge is 0.291 e. The van der Waals surface area contributed by atoms with Crippen LogP contribution in [0.4, 0.5) is 0 Å². The zero-order valence-electron chi connectivity index (χ0n) is 17.1. The fourth-order valence-corrected chi connectivity index (χ4v) is 4.11. The Labute approximate surface area is 182 Å². The lowest BCUT2D eigenvalue weighted by molar-refractivity contribution is 0.0858. The summed E-state index contributed by atoms with van der Waals surface area (Å²) in [5.74, 6) is 0.728. The molecule has 0 aromatic heterocycles. The van der Waals surface area contributed by atoms with E-state index in [0.29, 0.717) is 18.7 Å². The molecule has 0 saturated carbocycles. The van der Waals surface area contributed by atoms with Crippen LogP contribution >= 0.6 is 0 Å². The van der Waals surface area contributed by atoms with Crippen LogP contribution in [-0.2, 0) is 0 Å². The van der Waals surface area contributed by atoms with Gasteiger partial charge in [0, 0.05) is 17.7 Å². The Bertz CT molecular complexity index is 1170. The molecular weight excluding hydrogens is 380 g/mol. The van der Waals surface area contributed by atoms with Gasteiger partial charge in [0.15, 0.2) is 0 Å². The highest BCUT2D eigenvalue weighted by Gasteiger charge is 2.29. The molecule has 0 atom stereocenters. The highest BCUT2D eigenvalue weighted by atomic mass is 16.2. The summed E-state index contributed by atoms with van der Waals surface area (Å²) in [6.07, 6.45) is 0. The van der Waals surface area contributed by atoms with E-state index in [1.54, 1.807) is 0 Å². The number of aliphatic imine (C=N–C) groups is 1. The van der Waals surface area contributed by atoms with Crippen molar-refractivity contribution < 1.29 is 4.79 Å². The third kappa shape index (κ3) is 3.66. The third-order valence-corrected chi connectivity index (χ3v) is 5.56. The average Bonchev–Trinajstić information content (AvgIpc) is 3.34. The van der Waals surface area contributed by atoms with Crippen LogP contribution in [0.5, 0.6) is 0 Å². The van der Waals surface area contributed by atoms with Gasteiger partial charge in [-0.15, -0.1) is 0 Å². The standard InChI is InChI=1S/C28H22N2O/c31-28(23-15-8-3-9-16-23)30-20-19-29-27(30)26-24(21-11-4-1-5-12-21)17-10-18-25(26)22-13-6-2-7-14-22/h1-18H,19-20H2. The molecule has 3 nitrogen and oxygen atoms in total. The summed E-state index contributed by atoms with van der Waals surface area (Å²) in [6, 6.07) is 36.3. The summed E-state index contributed by atoms with van der Waals surface area (Å²) in [5, 5.41) is 0. The van der Waals surface area contributed by atoms with E-state index < -0.39 is 0 Å². The smallest absolute Gasteiger partial charge is 0.259 e. The molecule has 0 fully saturated rings. The average molecular weight is 402 g/mol. The second-order valence-electron chi connectivity index (χ2n) is 7.49. The summed E-state index contributed by atoms with van der Waals surface area (Å²) >= 11 is 0. The first kappa shape index (κ1) is 19.0. The SMILES string of the molecule is O=C(c1ccccc1)N1CCN=C1c1c(-c2ccccc2)cccc1-c1ccccc1. The highest BCUT2D eigenvalue weighted by Crippen LogP contribution is 2.35. The fraction of sp³-hybridized carbons (Fsp3) is 0.0714. The first-order chi connectivity index (χ1) is 15.3. The molecule has 5 rings (SSSR count). The van der Waals surface area contributed by atoms with Gasteiger partial charge < -0.3 is 0 Å². The van der Waals surface area contributed by atoms with Crippen LogP contribution in [-0.4, -0.2) is 29.7 Å². The lowest BCUT2D eigenvalue weighted by Crippen LogP contribution is -2.35. The Morgan fingerprint density at radius 1 is 0.645 bits per heavy atom. The summed E-state index contributed by atoms with van der Waals surface area (Å²) in [7, 11) is 0. The van der Waals surface area contributed by atoms with Gasteiger partial charge in [0.2, 0.25) is 0 Å². The van der Waals surface area contributed by atoms with Gasteiger partial charge in [0.1, 0.15) is 5.84 Å². The molecule has 1 aliphatic rings. The summed E-state index contributed by atoms with van der Waals surface area (Å²) < 4.78 is 0. The Balaban J connectivity index is 1.69. The predicted molar refractivity (Wildman–Crippen MR) is 126 cm³/mol. The minimum absolute atomic E-state index is 0.0151. The lowest BCUT2D eigenvalue weighted by Gasteiger charge is -2.23. The number of nitrogens with zero attached hydrogens (tertiary/aromatic N) is 2. The Morgan fingerprint density at radius 3 is 1.71 bits per heavy atom. The minimum atomic E-state index is -0.0151. The van der Waals surface area contributed by atoms with Crippen molar-refractivity contribution in [2.45, 2.75) is 0 Å². The molecule has 0 bridgehead atoms. The molecule has 1 aliphatic heterocycles. The number of hydrogen-bond acceptors (Lipinski definition) is 2. The van der Waals surface area contributed by atoms with Crippen LogP contribution in [0.1, 0.15) is 15.9 Å². The topological polar surface area (TPSA) is 32.7 Å². The first-order valence-electron chi connectivity index (χ1n) is 10.5. The van der Waals surface area contributed by atoms with Crippen LogP contribution < -0.4 is 0 Å². The molecular formula is C28H22N2O. The van der Waals surface area contributed by atoms with Crippen molar-refractivity contribution in [2.75, 3.05) is 13.1 Å². The van der Waals surface area contributed by atoms with Gasteiger partial charge in [-0.3, -0.25) is 14.7 Å². The number of benzene rings is 4. The van der Waals surface area contributed by atoms with E-state index in [1.807, 2.05) is 71.6 Å². The Hall–Kier alpha value is -3.98. The van der Waals surface area contributed by atoms with Gasteiger partial charge >= 0.3 is 0 Å². The molecule has 3 heteroatoms. The van der Waals surface area contributed by atoms with Gasteiger partial charge in [0.25, 0.3) is 5.91 Å². The van der Waals surface area contributed by atoms with E-state index in [4.69, 9.17) is 4.99 Å². The van der Waals surface area contributed by atoms with Crippen LogP contribution in [0.2, 0.25) is 0 Å². The molecule has 1 amide bonds. The lowest BCUT2D eigenvalue weighted by atomic mass is 9.90. The van der Waals surface area contributed by atoms with E-state index in [0.717, 1.165) is 33.7 Å². The number of hydrogen-bond donors (Lipinski definition) is 0. The van der Waals surface area contributed by atoms with Gasteiger partial charge in [0.05, 0.1) is 6.54 Å². The number of carbonyl (C=O) groups is 1. The minimum Gasteiger partial charge on any atom is -0.291 e. The molecule has 4 aromatic rings. The van der Waals surface area contributed by atoms with E-state index in [9.17, 15) is 4.79 Å². The van der Waals surface area contributed by atoms with Crippen LogP contribution in [0.3, 0.4) is 0 Å². The molecule has 150 valence electrons. The van der Waals surface area contributed by atoms with Crippen LogP contribution in [0.25, 0.3) is 22.3 Å². The van der Waals surface area contributed by atoms with Gasteiger partial charge in [-0.25, -0.2) is 0 Å². The number of amides is 1. The summed E-state index contributed by atoms with van der Waals surface area (Å²) in [4.78, 5) is 20.0. The summed E-state index contributed by atoms with van der Waals surface area (Å²) in [6.45, 7) is 1.19. The predicted octanol–water partition coefficient (Wildman–Crippen LogP) is 5.92. The van der Waals surface area contributed by atoms with Crippen molar-refractivity contribution in [3.8, 4) is 22.3 Å². The van der Waals surface area contributed by atoms with Crippen LogP contribution in [0, 0.1) is 0 Å². The number of carbonyl (C=O) groups excluding carboxylic acids is 1. The third-order valence-electron chi connectivity index (χ3n) is 5.56. The van der Waals surface area contributed by atoms with Gasteiger partial charge in [-0.1, -0.05) is 97.1 Å². The van der Waals surface area contributed by atoms with Gasteiger partial charge in [-0.05, 0) is 34.4 Å². The van der Waals surface area contributed by atoms with Crippen molar-refractivity contribution in [3.63, 3.8) is 0 Å². The first-order valence-corrected chi connectivity index (χ1v) is 10.5. The van der Waals surface area contributed by atoms with E-state index >= 15 is 0 Å². The maximum atomic E-state index is 13.4. The van der Waals surface area contributed by atoms with E-state index in [-0.39, 0.29) is 5.91 Å². The highest BCUT2D eigenvalue weighted by molar-refractivity contribution is 6.18. The van der Waals surface area contributed by atoms with Crippen molar-refractivity contribution >= 4 is 11.7 Å².